The molecule has 0 bridgehead atoms. The lowest BCUT2D eigenvalue weighted by Gasteiger charge is -2.20. The molecule has 0 aromatic carbocycles. The molecule has 0 spiro atoms. The molecule has 2 aromatic heterocycles. The average Bonchev–Trinajstić information content (AvgIpc) is 3.07. The Balaban J connectivity index is 1.46. The molecule has 4 rings (SSSR count). The number of fused-ring (bicyclic) bond motifs is 1. The number of aromatic nitrogens is 5. The number of carbonyl (C=O) groups is 2. The summed E-state index contributed by atoms with van der Waals surface area (Å²) >= 11 is 0. The molecule has 4 atom stereocenters. The molecule has 2 fully saturated rings. The highest BCUT2D eigenvalue weighted by atomic mass is 19.4. The minimum absolute atomic E-state index is 0.127. The number of aliphatic hydroxyl groups excluding tert-OH is 1. The topological polar surface area (TPSA) is 118 Å². The van der Waals surface area contributed by atoms with Crippen molar-refractivity contribution in [2.75, 3.05) is 6.54 Å². The number of likely N-dealkylation sites (tertiary alicyclic amines) is 1. The quantitative estimate of drug-likeness (QED) is 0.702. The molecule has 2 amide bonds. The number of aliphatic hydroxyl groups is 1. The monoisotopic (exact) mass is 413 g/mol. The highest BCUT2D eigenvalue weighted by molar-refractivity contribution is 5.94. The first-order valence-electron chi connectivity index (χ1n) is 8.87. The Morgan fingerprint density at radius 2 is 2.07 bits per heavy atom. The number of halogens is 3. The van der Waals surface area contributed by atoms with E-state index >= 15 is 0 Å². The van der Waals surface area contributed by atoms with E-state index in [4.69, 9.17) is 5.11 Å². The van der Waals surface area contributed by atoms with Crippen LogP contribution in [0.4, 0.5) is 13.2 Å². The maximum absolute atomic E-state index is 12.9. The zero-order chi connectivity index (χ0) is 21.1. The molecule has 156 valence electrons. The van der Waals surface area contributed by atoms with Gasteiger partial charge in [0.05, 0.1) is 30.2 Å². The first kappa shape index (κ1) is 19.4. The van der Waals surface area contributed by atoms with Crippen molar-refractivity contribution in [3.05, 3.63) is 23.8 Å². The van der Waals surface area contributed by atoms with Crippen LogP contribution in [-0.4, -0.2) is 77.5 Å². The van der Waals surface area contributed by atoms with E-state index in [9.17, 15) is 22.8 Å². The molecule has 2 N–H and O–H groups in total. The lowest BCUT2D eigenvalue weighted by molar-refractivity contribution is -0.205. The second kappa shape index (κ2) is 6.54. The van der Waals surface area contributed by atoms with Gasteiger partial charge in [0.1, 0.15) is 5.69 Å². The molecule has 1 saturated heterocycles. The highest BCUT2D eigenvalue weighted by Gasteiger charge is 2.60. The van der Waals surface area contributed by atoms with Crippen LogP contribution in [0.25, 0.3) is 5.69 Å². The minimum Gasteiger partial charge on any atom is -0.376 e. The fraction of sp³-hybridized carbons (Fsp3) is 0.562. The van der Waals surface area contributed by atoms with E-state index in [1.807, 2.05) is 0 Å². The summed E-state index contributed by atoms with van der Waals surface area (Å²) in [5, 5.41) is 23.7. The van der Waals surface area contributed by atoms with Gasteiger partial charge in [0, 0.05) is 19.5 Å². The number of nitrogens with zero attached hydrogens (tertiary/aromatic N) is 6. The van der Waals surface area contributed by atoms with Crippen LogP contribution in [0.15, 0.2) is 12.4 Å². The Hall–Kier alpha value is -2.96. The molecule has 1 aliphatic carbocycles. The van der Waals surface area contributed by atoms with Crippen molar-refractivity contribution in [3.63, 3.8) is 0 Å². The molecule has 10 nitrogen and oxygen atoms in total. The van der Waals surface area contributed by atoms with Crippen molar-refractivity contribution >= 4 is 11.8 Å². The Morgan fingerprint density at radius 1 is 1.34 bits per heavy atom. The zero-order valence-electron chi connectivity index (χ0n) is 15.5. The fourth-order valence-electron chi connectivity index (χ4n) is 3.73. The van der Waals surface area contributed by atoms with Crippen LogP contribution < -0.4 is 5.32 Å². The van der Waals surface area contributed by atoms with E-state index in [0.29, 0.717) is 24.3 Å². The smallest absolute Gasteiger partial charge is 0.376 e. The third kappa shape index (κ3) is 3.34. The van der Waals surface area contributed by atoms with Gasteiger partial charge in [-0.25, -0.2) is 0 Å². The highest BCUT2D eigenvalue weighted by Crippen LogP contribution is 2.45. The third-order valence-electron chi connectivity index (χ3n) is 5.23. The van der Waals surface area contributed by atoms with Crippen molar-refractivity contribution < 1.29 is 27.9 Å². The van der Waals surface area contributed by atoms with Gasteiger partial charge in [-0.15, -0.1) is 9.90 Å². The number of hydrogen-bond acceptors (Lipinski definition) is 6. The maximum atomic E-state index is 12.9. The van der Waals surface area contributed by atoms with Crippen LogP contribution in [0.3, 0.4) is 0 Å². The number of aryl methyl sites for hydroxylation is 2. The Bertz CT molecular complexity index is 969. The molecule has 2 aliphatic rings. The molecule has 13 heteroatoms. The molecule has 29 heavy (non-hydrogen) atoms. The molecule has 1 saturated carbocycles. The van der Waals surface area contributed by atoms with Gasteiger partial charge in [0.25, 0.3) is 11.8 Å². The van der Waals surface area contributed by atoms with Crippen molar-refractivity contribution in [1.29, 1.82) is 0 Å². The van der Waals surface area contributed by atoms with E-state index in [0.717, 1.165) is 0 Å². The number of nitrogens with one attached hydrogen (secondary N) is 1. The molecule has 1 aliphatic heterocycles. The van der Waals surface area contributed by atoms with E-state index in [-0.39, 0.29) is 11.6 Å². The Kier molecular flexibility index (Phi) is 4.37. The molecule has 2 aromatic rings. The van der Waals surface area contributed by atoms with E-state index < -0.39 is 36.2 Å². The average molecular weight is 413 g/mol. The molecular weight excluding hydrogens is 395 g/mol. The molecule has 3 heterocycles. The van der Waals surface area contributed by atoms with Gasteiger partial charge < -0.3 is 15.3 Å². The van der Waals surface area contributed by atoms with Gasteiger partial charge in [-0.3, -0.25) is 14.3 Å². The van der Waals surface area contributed by atoms with Crippen LogP contribution in [0.5, 0.6) is 0 Å². The summed E-state index contributed by atoms with van der Waals surface area (Å²) in [6, 6.07) is -1.04. The van der Waals surface area contributed by atoms with Gasteiger partial charge in [-0.1, -0.05) is 0 Å². The van der Waals surface area contributed by atoms with Crippen molar-refractivity contribution in [2.24, 2.45) is 13.0 Å². The van der Waals surface area contributed by atoms with E-state index in [1.165, 1.54) is 15.9 Å². The fourth-order valence-corrected chi connectivity index (χ4v) is 3.73. The van der Waals surface area contributed by atoms with Crippen LogP contribution in [0.2, 0.25) is 0 Å². The number of carbonyl (C=O) groups excluding carboxylic acids is 2. The first-order chi connectivity index (χ1) is 13.6. The summed E-state index contributed by atoms with van der Waals surface area (Å²) < 4.78 is 39.0. The second-order valence-electron chi connectivity index (χ2n) is 7.22. The predicted octanol–water partition coefficient (Wildman–Crippen LogP) is -0.438. The standard InChI is InChI=1S/C16H18F3N7O3/c1-7-10(23-26(22-7)8-5-20-24(2)6-8)15(29)25-4-3-9-11(12(9)25)21-14(28)13(27)16(17,18)19/h5-6,9,11-13,27H,3-4H2,1-2H3,(H,21,28)/t9-,11-,12-,13?/m1/s1. The van der Waals surface area contributed by atoms with E-state index in [1.54, 1.807) is 24.9 Å². The van der Waals surface area contributed by atoms with Crippen LogP contribution in [0.1, 0.15) is 22.6 Å². The summed E-state index contributed by atoms with van der Waals surface area (Å²) in [6.45, 7) is 2.04. The van der Waals surface area contributed by atoms with Gasteiger partial charge >= 0.3 is 6.18 Å². The van der Waals surface area contributed by atoms with Gasteiger partial charge in [-0.2, -0.15) is 23.4 Å². The van der Waals surface area contributed by atoms with Crippen molar-refractivity contribution in [3.8, 4) is 5.69 Å². The SMILES string of the molecule is Cc1nn(-c2cnn(C)c2)nc1C(=O)N1CC[C@@H]2[C@@H](NC(=O)C(O)C(F)(F)F)[C@@H]21. The number of amides is 2. The third-order valence-corrected chi connectivity index (χ3v) is 5.23. The predicted molar refractivity (Wildman–Crippen MR) is 89.8 cm³/mol. The minimum atomic E-state index is -5.04. The molecule has 0 radical (unpaired) electrons. The Labute approximate surface area is 162 Å². The van der Waals surface area contributed by atoms with Gasteiger partial charge in [-0.05, 0) is 13.3 Å². The summed E-state index contributed by atoms with van der Waals surface area (Å²) in [5.41, 5.74) is 1.10. The lowest BCUT2D eigenvalue weighted by atomic mass is 10.2. The van der Waals surface area contributed by atoms with Crippen molar-refractivity contribution in [1.82, 2.24) is 35.0 Å². The lowest BCUT2D eigenvalue weighted by Crippen LogP contribution is -2.47. The maximum Gasteiger partial charge on any atom is 0.423 e. The summed E-state index contributed by atoms with van der Waals surface area (Å²) in [6.07, 6.45) is -4.37. The summed E-state index contributed by atoms with van der Waals surface area (Å²) in [5.74, 6) is -2.06. The first-order valence-corrected chi connectivity index (χ1v) is 8.87. The van der Waals surface area contributed by atoms with Crippen molar-refractivity contribution in [2.45, 2.75) is 37.7 Å². The summed E-state index contributed by atoms with van der Waals surface area (Å²) in [4.78, 5) is 27.3. The van der Waals surface area contributed by atoms with Crippen LogP contribution in [0, 0.1) is 12.8 Å². The number of hydrogen-bond donors (Lipinski definition) is 2. The van der Waals surface area contributed by atoms with Crippen LogP contribution in [-0.2, 0) is 11.8 Å². The number of piperidine rings is 1. The second-order valence-corrected chi connectivity index (χ2v) is 7.22. The number of rotatable bonds is 4. The zero-order valence-corrected chi connectivity index (χ0v) is 15.5. The van der Waals surface area contributed by atoms with Crippen LogP contribution >= 0.6 is 0 Å². The van der Waals surface area contributed by atoms with E-state index in [2.05, 4.69) is 20.6 Å². The Morgan fingerprint density at radius 3 is 2.69 bits per heavy atom. The van der Waals surface area contributed by atoms with Gasteiger partial charge in [0.15, 0.2) is 5.69 Å². The normalized spacial score (nSPS) is 24.3. The molecule has 1 unspecified atom stereocenters. The number of alkyl halides is 3. The largest absolute Gasteiger partial charge is 0.423 e. The van der Waals surface area contributed by atoms with Gasteiger partial charge in [0.2, 0.25) is 6.10 Å². The summed E-state index contributed by atoms with van der Waals surface area (Å²) in [7, 11) is 1.73. The molecular formula is C16H18F3N7O3.